The number of aryl methyl sites for hydroxylation is 2. The molecule has 3 rings (SSSR count). The maximum atomic E-state index is 13.1. The van der Waals surface area contributed by atoms with Crippen LogP contribution in [0.4, 0.5) is 14.9 Å². The minimum absolute atomic E-state index is 0.309. The predicted octanol–water partition coefficient (Wildman–Crippen LogP) is 2.81. The van der Waals surface area contributed by atoms with Gasteiger partial charge in [-0.05, 0) is 51.1 Å². The molecule has 7 heteroatoms. The van der Waals surface area contributed by atoms with Gasteiger partial charge >= 0.3 is 6.03 Å². The Kier molecular flexibility index (Phi) is 4.16. The fourth-order valence-corrected chi connectivity index (χ4v) is 3.05. The fourth-order valence-electron chi connectivity index (χ4n) is 3.05. The van der Waals surface area contributed by atoms with Gasteiger partial charge in [0, 0.05) is 22.6 Å². The van der Waals surface area contributed by atoms with Crippen LogP contribution in [0.1, 0.15) is 28.7 Å². The molecule has 1 aliphatic rings. The summed E-state index contributed by atoms with van der Waals surface area (Å²) in [5, 5.41) is 0. The Morgan fingerprint density at radius 3 is 2.40 bits per heavy atom. The molecule has 0 spiro atoms. The molecule has 0 unspecified atom stereocenters. The van der Waals surface area contributed by atoms with Gasteiger partial charge in [0.1, 0.15) is 11.9 Å². The highest BCUT2D eigenvalue weighted by molar-refractivity contribution is 6.16. The van der Waals surface area contributed by atoms with Gasteiger partial charge in [-0.1, -0.05) is 0 Å². The van der Waals surface area contributed by atoms with E-state index in [9.17, 15) is 18.8 Å². The molecule has 1 saturated heterocycles. The summed E-state index contributed by atoms with van der Waals surface area (Å²) in [4.78, 5) is 42.8. The number of rotatable bonds is 4. The number of benzene rings is 1. The molecule has 0 aliphatic carbocycles. The summed E-state index contributed by atoms with van der Waals surface area (Å²) < 4.78 is 13.1. The number of nitrogens with zero attached hydrogens (tertiary/aromatic N) is 2. The molecule has 1 fully saturated rings. The second kappa shape index (κ2) is 6.16. The number of amides is 3. The third-order valence-electron chi connectivity index (χ3n) is 4.30. The number of ketones is 1. The Balaban J connectivity index is 1.84. The smallest absolute Gasteiger partial charge is 0.332 e. The van der Waals surface area contributed by atoms with Crippen LogP contribution in [0, 0.1) is 19.7 Å². The number of anilines is 1. The number of carbonyl (C=O) groups is 3. The van der Waals surface area contributed by atoms with E-state index in [2.05, 4.69) is 4.98 Å². The molecule has 1 atom stereocenters. The van der Waals surface area contributed by atoms with Gasteiger partial charge in [0.25, 0.3) is 5.91 Å². The third-order valence-corrected chi connectivity index (χ3v) is 4.30. The van der Waals surface area contributed by atoms with E-state index in [4.69, 9.17) is 0 Å². The summed E-state index contributed by atoms with van der Waals surface area (Å²) in [6.45, 7) is 4.85. The first-order valence-corrected chi connectivity index (χ1v) is 7.89. The molecule has 1 aromatic carbocycles. The van der Waals surface area contributed by atoms with Crippen molar-refractivity contribution in [3.63, 3.8) is 0 Å². The van der Waals surface area contributed by atoms with Crippen molar-refractivity contribution in [1.29, 1.82) is 0 Å². The molecule has 25 heavy (non-hydrogen) atoms. The van der Waals surface area contributed by atoms with E-state index in [-0.39, 0.29) is 12.3 Å². The zero-order chi connectivity index (χ0) is 18.3. The van der Waals surface area contributed by atoms with E-state index < -0.39 is 23.8 Å². The highest BCUT2D eigenvalue weighted by Gasteiger charge is 2.44. The summed E-state index contributed by atoms with van der Waals surface area (Å²) in [5.74, 6) is -1.19. The summed E-state index contributed by atoms with van der Waals surface area (Å²) in [5.41, 5.74) is 2.41. The van der Waals surface area contributed by atoms with Crippen LogP contribution < -0.4 is 4.90 Å². The Morgan fingerprint density at radius 2 is 1.84 bits per heavy atom. The number of carbonyl (C=O) groups excluding carboxylic acids is 3. The van der Waals surface area contributed by atoms with Crippen molar-refractivity contribution in [2.24, 2.45) is 0 Å². The van der Waals surface area contributed by atoms with Crippen LogP contribution in [0.5, 0.6) is 0 Å². The minimum atomic E-state index is -0.750. The monoisotopic (exact) mass is 343 g/mol. The van der Waals surface area contributed by atoms with E-state index in [0.29, 0.717) is 16.9 Å². The molecule has 130 valence electrons. The van der Waals surface area contributed by atoms with Crippen LogP contribution >= 0.6 is 0 Å². The lowest BCUT2D eigenvalue weighted by atomic mass is 10.1. The number of halogens is 1. The van der Waals surface area contributed by atoms with Gasteiger partial charge in [0.15, 0.2) is 5.78 Å². The number of aromatic nitrogens is 1. The molecular weight excluding hydrogens is 325 g/mol. The molecule has 0 bridgehead atoms. The average molecular weight is 343 g/mol. The van der Waals surface area contributed by atoms with Gasteiger partial charge in [-0.15, -0.1) is 0 Å². The summed E-state index contributed by atoms with van der Waals surface area (Å²) in [7, 11) is 0. The standard InChI is InChI=1S/C18H18FN3O3/c1-10-8-15(11(2)20-10)16(23)9-21-17(24)12(3)22(18(21)25)14-6-4-13(19)5-7-14/h4-8,12,20H,9H2,1-3H3/t12-/m1/s1. The van der Waals surface area contributed by atoms with Crippen LogP contribution in [0.15, 0.2) is 30.3 Å². The second-order valence-corrected chi connectivity index (χ2v) is 6.14. The number of Topliss-reactive ketones (excluding diaryl/α,β-unsaturated/α-hetero) is 1. The molecule has 0 radical (unpaired) electrons. The first-order chi connectivity index (χ1) is 11.8. The summed E-state index contributed by atoms with van der Waals surface area (Å²) in [6.07, 6.45) is 0. The van der Waals surface area contributed by atoms with Crippen molar-refractivity contribution in [3.8, 4) is 0 Å². The van der Waals surface area contributed by atoms with Crippen molar-refractivity contribution in [2.45, 2.75) is 26.8 Å². The van der Waals surface area contributed by atoms with Crippen LogP contribution in [-0.4, -0.2) is 40.2 Å². The Hall–Kier alpha value is -2.96. The van der Waals surface area contributed by atoms with E-state index >= 15 is 0 Å². The molecule has 0 saturated carbocycles. The van der Waals surface area contributed by atoms with Gasteiger partial charge in [-0.2, -0.15) is 0 Å². The van der Waals surface area contributed by atoms with Gasteiger partial charge in [-0.25, -0.2) is 9.18 Å². The van der Waals surface area contributed by atoms with E-state index in [1.165, 1.54) is 29.2 Å². The van der Waals surface area contributed by atoms with Gasteiger partial charge in [0.05, 0.1) is 6.54 Å². The lowest BCUT2D eigenvalue weighted by molar-refractivity contribution is -0.126. The van der Waals surface area contributed by atoms with Crippen molar-refractivity contribution in [1.82, 2.24) is 9.88 Å². The van der Waals surface area contributed by atoms with Gasteiger partial charge in [-0.3, -0.25) is 19.4 Å². The quantitative estimate of drug-likeness (QED) is 0.685. The molecule has 1 aromatic heterocycles. The Labute approximate surface area is 144 Å². The average Bonchev–Trinajstić information content (AvgIpc) is 3.00. The van der Waals surface area contributed by atoms with Crippen LogP contribution in [0.25, 0.3) is 0 Å². The Bertz CT molecular complexity index is 857. The first kappa shape index (κ1) is 16.9. The Morgan fingerprint density at radius 1 is 1.20 bits per heavy atom. The van der Waals surface area contributed by atoms with E-state index in [0.717, 1.165) is 10.6 Å². The number of imide groups is 1. The minimum Gasteiger partial charge on any atom is -0.362 e. The lowest BCUT2D eigenvalue weighted by Gasteiger charge is -2.19. The molecule has 2 heterocycles. The van der Waals surface area contributed by atoms with Gasteiger partial charge in [0.2, 0.25) is 0 Å². The number of hydrogen-bond donors (Lipinski definition) is 1. The first-order valence-electron chi connectivity index (χ1n) is 7.89. The molecule has 1 N–H and O–H groups in total. The number of hydrogen-bond acceptors (Lipinski definition) is 3. The number of nitrogens with one attached hydrogen (secondary N) is 1. The third kappa shape index (κ3) is 2.93. The lowest BCUT2D eigenvalue weighted by Crippen LogP contribution is -2.37. The number of urea groups is 1. The number of aromatic amines is 1. The van der Waals surface area contributed by atoms with Crippen molar-refractivity contribution < 1.29 is 18.8 Å². The second-order valence-electron chi connectivity index (χ2n) is 6.14. The highest BCUT2D eigenvalue weighted by Crippen LogP contribution is 2.26. The normalized spacial score (nSPS) is 17.5. The van der Waals surface area contributed by atoms with Crippen LogP contribution in [-0.2, 0) is 4.79 Å². The summed E-state index contributed by atoms with van der Waals surface area (Å²) >= 11 is 0. The molecule has 6 nitrogen and oxygen atoms in total. The molecule has 1 aliphatic heterocycles. The predicted molar refractivity (Wildman–Crippen MR) is 90.0 cm³/mol. The van der Waals surface area contributed by atoms with Crippen LogP contribution in [0.2, 0.25) is 0 Å². The maximum absolute atomic E-state index is 13.1. The number of H-pyrrole nitrogens is 1. The van der Waals surface area contributed by atoms with E-state index in [1.807, 2.05) is 6.92 Å². The van der Waals surface area contributed by atoms with Crippen LogP contribution in [0.3, 0.4) is 0 Å². The fraction of sp³-hybridized carbons (Fsp3) is 0.278. The van der Waals surface area contributed by atoms with Crippen molar-refractivity contribution >= 4 is 23.4 Å². The largest absolute Gasteiger partial charge is 0.362 e. The molecule has 3 amide bonds. The maximum Gasteiger partial charge on any atom is 0.332 e. The SMILES string of the molecule is Cc1cc(C(=O)CN2C(=O)[C@@H](C)N(c3ccc(F)cc3)C2=O)c(C)[nH]1. The molecule has 2 aromatic rings. The van der Waals surface area contributed by atoms with E-state index in [1.54, 1.807) is 19.9 Å². The molecular formula is C18H18FN3O3. The van der Waals surface area contributed by atoms with Gasteiger partial charge < -0.3 is 4.98 Å². The zero-order valence-corrected chi connectivity index (χ0v) is 14.2. The zero-order valence-electron chi connectivity index (χ0n) is 14.2. The summed E-state index contributed by atoms with van der Waals surface area (Å²) in [6, 6.07) is 5.68. The van der Waals surface area contributed by atoms with Crippen molar-refractivity contribution in [3.05, 3.63) is 53.1 Å². The topological polar surface area (TPSA) is 73.5 Å². The highest BCUT2D eigenvalue weighted by atomic mass is 19.1. The van der Waals surface area contributed by atoms with Crippen molar-refractivity contribution in [2.75, 3.05) is 11.4 Å².